The molecule has 0 radical (unpaired) electrons. The zero-order valence-corrected chi connectivity index (χ0v) is 10.7. The normalized spacial score (nSPS) is 15.6. The molecule has 1 atom stereocenters. The first-order valence-electron chi connectivity index (χ1n) is 6.29. The van der Waals surface area contributed by atoms with E-state index in [1.807, 2.05) is 6.92 Å². The first kappa shape index (κ1) is 14.4. The molecule has 5 heteroatoms. The van der Waals surface area contributed by atoms with Crippen molar-refractivity contribution in [2.45, 2.75) is 38.6 Å². The Kier molecular flexibility index (Phi) is 5.50. The third kappa shape index (κ3) is 4.66. The van der Waals surface area contributed by atoms with Crippen LogP contribution in [0.25, 0.3) is 0 Å². The largest absolute Gasteiger partial charge is 0.481 e. The number of amides is 2. The highest BCUT2D eigenvalue weighted by atomic mass is 16.4. The van der Waals surface area contributed by atoms with Gasteiger partial charge in [0, 0.05) is 12.6 Å². The Hall–Kier alpha value is -1.70. The zero-order valence-electron chi connectivity index (χ0n) is 10.7. The summed E-state index contributed by atoms with van der Waals surface area (Å²) in [5.41, 5.74) is 0. The Balaban J connectivity index is 2.52. The van der Waals surface area contributed by atoms with Gasteiger partial charge < -0.3 is 15.3 Å². The van der Waals surface area contributed by atoms with Crippen LogP contribution in [0.3, 0.4) is 0 Å². The molecule has 0 spiro atoms. The van der Waals surface area contributed by atoms with Gasteiger partial charge in [-0.1, -0.05) is 12.8 Å². The lowest BCUT2D eigenvalue weighted by atomic mass is 10.1. The molecule has 1 unspecified atom stereocenters. The highest BCUT2D eigenvalue weighted by Crippen LogP contribution is 2.34. The van der Waals surface area contributed by atoms with Crippen molar-refractivity contribution >= 4 is 12.0 Å². The van der Waals surface area contributed by atoms with Gasteiger partial charge in [-0.25, -0.2) is 4.79 Å². The van der Waals surface area contributed by atoms with Gasteiger partial charge in [0.1, 0.15) is 0 Å². The number of aliphatic carboxylic acids is 1. The molecule has 0 aromatic rings. The van der Waals surface area contributed by atoms with Gasteiger partial charge in [-0.3, -0.25) is 4.79 Å². The van der Waals surface area contributed by atoms with Crippen molar-refractivity contribution in [2.24, 2.45) is 5.92 Å². The predicted molar refractivity (Wildman–Crippen MR) is 68.0 cm³/mol. The van der Waals surface area contributed by atoms with Gasteiger partial charge in [0.25, 0.3) is 0 Å². The number of rotatable bonds is 7. The maximum Gasteiger partial charge on any atom is 0.318 e. The number of carbonyl (C=O) groups is 2. The van der Waals surface area contributed by atoms with Crippen LogP contribution in [0.4, 0.5) is 4.79 Å². The monoisotopic (exact) mass is 252 g/mol. The molecule has 1 saturated carbocycles. The van der Waals surface area contributed by atoms with Gasteiger partial charge in [-0.15, -0.1) is 6.42 Å². The van der Waals surface area contributed by atoms with Crippen LogP contribution in [0.2, 0.25) is 0 Å². The lowest BCUT2D eigenvalue weighted by molar-refractivity contribution is -0.137. The number of nitrogens with zero attached hydrogens (tertiary/aromatic N) is 1. The van der Waals surface area contributed by atoms with E-state index in [9.17, 15) is 9.59 Å². The Morgan fingerprint density at radius 1 is 1.56 bits per heavy atom. The number of urea groups is 1. The van der Waals surface area contributed by atoms with Gasteiger partial charge in [0.2, 0.25) is 0 Å². The van der Waals surface area contributed by atoms with Crippen molar-refractivity contribution in [3.8, 4) is 12.3 Å². The van der Waals surface area contributed by atoms with Gasteiger partial charge in [0.05, 0.1) is 13.0 Å². The second-order valence-corrected chi connectivity index (χ2v) is 4.62. The summed E-state index contributed by atoms with van der Waals surface area (Å²) < 4.78 is 0. The molecule has 0 bridgehead atoms. The zero-order chi connectivity index (χ0) is 13.5. The minimum atomic E-state index is -0.883. The quantitative estimate of drug-likeness (QED) is 0.671. The van der Waals surface area contributed by atoms with Crippen molar-refractivity contribution in [2.75, 3.05) is 13.1 Å². The molecule has 0 heterocycles. The second-order valence-electron chi connectivity index (χ2n) is 4.62. The summed E-state index contributed by atoms with van der Waals surface area (Å²) >= 11 is 0. The summed E-state index contributed by atoms with van der Waals surface area (Å²) in [5.74, 6) is 1.86. The van der Waals surface area contributed by atoms with Gasteiger partial charge >= 0.3 is 12.0 Å². The SMILES string of the molecule is C#CCN(CCC)C(=O)NC(CC(=O)O)C1CC1. The lowest BCUT2D eigenvalue weighted by Gasteiger charge is -2.24. The third-order valence-electron chi connectivity index (χ3n) is 2.96. The van der Waals surface area contributed by atoms with Crippen LogP contribution >= 0.6 is 0 Å². The molecule has 2 N–H and O–H groups in total. The van der Waals surface area contributed by atoms with Crippen LogP contribution in [0.5, 0.6) is 0 Å². The van der Waals surface area contributed by atoms with E-state index in [4.69, 9.17) is 11.5 Å². The van der Waals surface area contributed by atoms with Crippen molar-refractivity contribution < 1.29 is 14.7 Å². The molecule has 100 valence electrons. The molecule has 1 rings (SSSR count). The van der Waals surface area contributed by atoms with Crippen molar-refractivity contribution in [1.82, 2.24) is 10.2 Å². The fraction of sp³-hybridized carbons (Fsp3) is 0.692. The number of terminal acetylenes is 1. The minimum absolute atomic E-state index is 0.0214. The topological polar surface area (TPSA) is 69.6 Å². The van der Waals surface area contributed by atoms with Crippen LogP contribution in [0.1, 0.15) is 32.6 Å². The van der Waals surface area contributed by atoms with Crippen LogP contribution in [0, 0.1) is 18.3 Å². The Labute approximate surface area is 108 Å². The van der Waals surface area contributed by atoms with Crippen LogP contribution in [0.15, 0.2) is 0 Å². The first-order valence-corrected chi connectivity index (χ1v) is 6.29. The van der Waals surface area contributed by atoms with E-state index >= 15 is 0 Å². The highest BCUT2D eigenvalue weighted by molar-refractivity contribution is 5.76. The molecule has 0 aliphatic heterocycles. The van der Waals surface area contributed by atoms with Crippen molar-refractivity contribution in [3.63, 3.8) is 0 Å². The Morgan fingerprint density at radius 3 is 2.67 bits per heavy atom. The Morgan fingerprint density at radius 2 is 2.22 bits per heavy atom. The smallest absolute Gasteiger partial charge is 0.318 e. The predicted octanol–water partition coefficient (Wildman–Crippen LogP) is 1.29. The lowest BCUT2D eigenvalue weighted by Crippen LogP contribution is -2.46. The minimum Gasteiger partial charge on any atom is -0.481 e. The van der Waals surface area contributed by atoms with E-state index in [-0.39, 0.29) is 25.0 Å². The summed E-state index contributed by atoms with van der Waals surface area (Å²) in [6.07, 6.45) is 7.99. The first-order chi connectivity index (χ1) is 8.58. The van der Waals surface area contributed by atoms with Crippen LogP contribution < -0.4 is 5.32 Å². The molecular formula is C13H20N2O3. The van der Waals surface area contributed by atoms with Gasteiger partial charge in [-0.2, -0.15) is 0 Å². The average Bonchev–Trinajstić information content (AvgIpc) is 3.11. The third-order valence-corrected chi connectivity index (χ3v) is 2.96. The van der Waals surface area contributed by atoms with E-state index < -0.39 is 5.97 Å². The van der Waals surface area contributed by atoms with Gasteiger partial charge in [-0.05, 0) is 25.2 Å². The summed E-state index contributed by atoms with van der Waals surface area (Å²) in [6, 6.07) is -0.528. The second kappa shape index (κ2) is 6.90. The van der Waals surface area contributed by atoms with Crippen LogP contribution in [-0.2, 0) is 4.79 Å². The molecule has 0 aromatic carbocycles. The van der Waals surface area contributed by atoms with E-state index in [0.717, 1.165) is 19.3 Å². The number of nitrogens with one attached hydrogen (secondary N) is 1. The fourth-order valence-corrected chi connectivity index (χ4v) is 1.90. The van der Waals surface area contributed by atoms with Crippen LogP contribution in [-0.4, -0.2) is 41.1 Å². The summed E-state index contributed by atoms with van der Waals surface area (Å²) in [7, 11) is 0. The number of carbonyl (C=O) groups excluding carboxylic acids is 1. The molecule has 2 amide bonds. The molecule has 0 saturated heterocycles. The average molecular weight is 252 g/mol. The maximum atomic E-state index is 12.0. The molecule has 1 aliphatic rings. The molecule has 1 fully saturated rings. The van der Waals surface area contributed by atoms with E-state index in [2.05, 4.69) is 11.2 Å². The summed E-state index contributed by atoms with van der Waals surface area (Å²) in [6.45, 7) is 2.80. The molecule has 18 heavy (non-hydrogen) atoms. The molecule has 1 aliphatic carbocycles. The summed E-state index contributed by atoms with van der Waals surface area (Å²) in [4.78, 5) is 24.3. The number of hydrogen-bond acceptors (Lipinski definition) is 2. The standard InChI is InChI=1S/C13H20N2O3/c1-3-7-15(8-4-2)13(18)14-11(9-12(16)17)10-5-6-10/h1,10-11H,4-9H2,2H3,(H,14,18)(H,16,17). The van der Waals surface area contributed by atoms with Gasteiger partial charge in [0.15, 0.2) is 0 Å². The number of hydrogen-bond donors (Lipinski definition) is 2. The fourth-order valence-electron chi connectivity index (χ4n) is 1.90. The summed E-state index contributed by atoms with van der Waals surface area (Å²) in [5, 5.41) is 11.6. The Bertz CT molecular complexity index is 345. The maximum absolute atomic E-state index is 12.0. The van der Waals surface area contributed by atoms with Crippen molar-refractivity contribution in [3.05, 3.63) is 0 Å². The van der Waals surface area contributed by atoms with E-state index in [1.165, 1.54) is 4.90 Å². The number of carboxylic acids is 1. The van der Waals surface area contributed by atoms with E-state index in [1.54, 1.807) is 0 Å². The highest BCUT2D eigenvalue weighted by Gasteiger charge is 2.34. The van der Waals surface area contributed by atoms with Crippen molar-refractivity contribution in [1.29, 1.82) is 0 Å². The molecule has 5 nitrogen and oxygen atoms in total. The van der Waals surface area contributed by atoms with E-state index in [0.29, 0.717) is 12.5 Å². The number of carboxylic acid groups (broad SMARTS) is 1. The molecule has 0 aromatic heterocycles. The molecular weight excluding hydrogens is 232 g/mol.